The van der Waals surface area contributed by atoms with Crippen molar-refractivity contribution >= 4 is 23.2 Å². The molecule has 0 saturated heterocycles. The van der Waals surface area contributed by atoms with E-state index in [-0.39, 0.29) is 16.2 Å². The lowest BCUT2D eigenvalue weighted by Gasteiger charge is -2.27. The standard InChI is InChI=1S/C13H14Cl2O2/c14-10-8(16)5-7-6-13(3-1-2-4-13)12(17)9(7)11(10)15/h5,12,16-17H,1-4,6H2. The third-order valence-corrected chi connectivity index (χ3v) is 5.18. The van der Waals surface area contributed by atoms with Crippen LogP contribution in [0.4, 0.5) is 0 Å². The quantitative estimate of drug-likeness (QED) is 0.753. The molecule has 1 aromatic carbocycles. The van der Waals surface area contributed by atoms with Crippen molar-refractivity contribution in [2.75, 3.05) is 0 Å². The second kappa shape index (κ2) is 3.78. The molecule has 2 nitrogen and oxygen atoms in total. The molecule has 0 amide bonds. The van der Waals surface area contributed by atoms with Gasteiger partial charge >= 0.3 is 0 Å². The van der Waals surface area contributed by atoms with Crippen LogP contribution in [-0.2, 0) is 6.42 Å². The first-order valence-electron chi connectivity index (χ1n) is 5.93. The first-order chi connectivity index (χ1) is 8.05. The van der Waals surface area contributed by atoms with E-state index >= 15 is 0 Å². The van der Waals surface area contributed by atoms with Gasteiger partial charge in [-0.1, -0.05) is 36.0 Å². The van der Waals surface area contributed by atoms with Crippen molar-refractivity contribution in [3.05, 3.63) is 27.2 Å². The molecular weight excluding hydrogens is 259 g/mol. The number of fused-ring (bicyclic) bond motifs is 1. The number of rotatable bonds is 0. The molecule has 0 radical (unpaired) electrons. The Kier molecular flexibility index (Phi) is 2.58. The van der Waals surface area contributed by atoms with E-state index in [9.17, 15) is 10.2 Å². The predicted molar refractivity (Wildman–Crippen MR) is 67.7 cm³/mol. The summed E-state index contributed by atoms with van der Waals surface area (Å²) in [5.74, 6) is 0.0117. The summed E-state index contributed by atoms with van der Waals surface area (Å²) < 4.78 is 0. The van der Waals surface area contributed by atoms with E-state index in [2.05, 4.69) is 0 Å². The van der Waals surface area contributed by atoms with Crippen LogP contribution in [0.5, 0.6) is 5.75 Å². The van der Waals surface area contributed by atoms with Gasteiger partial charge in [0.05, 0.1) is 11.1 Å². The molecular formula is C13H14Cl2O2. The monoisotopic (exact) mass is 272 g/mol. The Morgan fingerprint density at radius 3 is 2.47 bits per heavy atom. The average molecular weight is 273 g/mol. The van der Waals surface area contributed by atoms with Gasteiger partial charge in [0.15, 0.2) is 0 Å². The van der Waals surface area contributed by atoms with Crippen molar-refractivity contribution in [1.29, 1.82) is 0 Å². The van der Waals surface area contributed by atoms with E-state index in [1.165, 1.54) is 0 Å². The van der Waals surface area contributed by atoms with E-state index < -0.39 is 6.10 Å². The van der Waals surface area contributed by atoms with Gasteiger partial charge in [-0.3, -0.25) is 0 Å². The molecule has 0 aromatic heterocycles. The molecule has 1 fully saturated rings. The lowest BCUT2D eigenvalue weighted by molar-refractivity contribution is 0.0439. The first-order valence-corrected chi connectivity index (χ1v) is 6.68. The number of aliphatic hydroxyl groups excluding tert-OH is 1. The third-order valence-electron chi connectivity index (χ3n) is 4.31. The SMILES string of the molecule is Oc1cc2c(c(Cl)c1Cl)C(O)C1(CCCC1)C2. The summed E-state index contributed by atoms with van der Waals surface area (Å²) in [5.41, 5.74) is 1.62. The van der Waals surface area contributed by atoms with E-state index in [4.69, 9.17) is 23.2 Å². The van der Waals surface area contributed by atoms with Crippen LogP contribution in [0.25, 0.3) is 0 Å². The summed E-state index contributed by atoms with van der Waals surface area (Å²) in [6, 6.07) is 1.65. The second-order valence-corrected chi connectivity index (χ2v) is 6.00. The van der Waals surface area contributed by atoms with Gasteiger partial charge in [0.2, 0.25) is 0 Å². The summed E-state index contributed by atoms with van der Waals surface area (Å²) in [5, 5.41) is 20.7. The molecule has 2 aliphatic rings. The van der Waals surface area contributed by atoms with Gasteiger partial charge in [0, 0.05) is 11.0 Å². The maximum Gasteiger partial charge on any atom is 0.135 e. The average Bonchev–Trinajstić information content (AvgIpc) is 2.84. The maximum atomic E-state index is 10.5. The molecule has 4 heteroatoms. The largest absolute Gasteiger partial charge is 0.506 e. The zero-order valence-corrected chi connectivity index (χ0v) is 10.9. The van der Waals surface area contributed by atoms with Crippen LogP contribution in [0.1, 0.15) is 42.9 Å². The van der Waals surface area contributed by atoms with Crippen molar-refractivity contribution in [2.24, 2.45) is 5.41 Å². The third kappa shape index (κ3) is 1.51. The van der Waals surface area contributed by atoms with Gasteiger partial charge in [0.25, 0.3) is 0 Å². The molecule has 17 heavy (non-hydrogen) atoms. The Morgan fingerprint density at radius 1 is 1.18 bits per heavy atom. The van der Waals surface area contributed by atoms with E-state index in [0.29, 0.717) is 5.02 Å². The van der Waals surface area contributed by atoms with E-state index in [0.717, 1.165) is 43.2 Å². The zero-order chi connectivity index (χ0) is 12.2. The molecule has 1 aromatic rings. The summed E-state index contributed by atoms with van der Waals surface area (Å²) >= 11 is 12.1. The Hall–Kier alpha value is -0.440. The highest BCUT2D eigenvalue weighted by Gasteiger charge is 2.48. The van der Waals surface area contributed by atoms with Gasteiger partial charge in [-0.2, -0.15) is 0 Å². The van der Waals surface area contributed by atoms with Crippen LogP contribution >= 0.6 is 23.2 Å². The summed E-state index contributed by atoms with van der Waals surface area (Å²) in [7, 11) is 0. The molecule has 3 rings (SSSR count). The minimum absolute atomic E-state index is 0.0117. The minimum Gasteiger partial charge on any atom is -0.506 e. The van der Waals surface area contributed by atoms with Crippen molar-refractivity contribution < 1.29 is 10.2 Å². The summed E-state index contributed by atoms with van der Waals surface area (Å²) in [4.78, 5) is 0. The molecule has 1 unspecified atom stereocenters. The molecule has 0 bridgehead atoms. The van der Waals surface area contributed by atoms with Crippen molar-refractivity contribution in [1.82, 2.24) is 0 Å². The molecule has 2 aliphatic carbocycles. The Labute approximate surface area is 110 Å². The second-order valence-electron chi connectivity index (χ2n) is 5.25. The molecule has 1 saturated carbocycles. The van der Waals surface area contributed by atoms with Crippen LogP contribution in [0.3, 0.4) is 0 Å². The van der Waals surface area contributed by atoms with Crippen LogP contribution in [0.2, 0.25) is 10.0 Å². The molecule has 92 valence electrons. The van der Waals surface area contributed by atoms with Crippen molar-refractivity contribution in [2.45, 2.75) is 38.2 Å². The maximum absolute atomic E-state index is 10.5. The Balaban J connectivity index is 2.14. The number of hydrogen-bond donors (Lipinski definition) is 2. The van der Waals surface area contributed by atoms with Crippen LogP contribution < -0.4 is 0 Å². The van der Waals surface area contributed by atoms with Crippen LogP contribution in [0, 0.1) is 5.41 Å². The van der Waals surface area contributed by atoms with Gasteiger partial charge in [-0.15, -0.1) is 0 Å². The van der Waals surface area contributed by atoms with Gasteiger partial charge in [-0.25, -0.2) is 0 Å². The Bertz CT molecular complexity index is 479. The number of phenolic OH excluding ortho intramolecular Hbond substituents is 1. The first kappa shape index (κ1) is 11.6. The van der Waals surface area contributed by atoms with Crippen LogP contribution in [-0.4, -0.2) is 10.2 Å². The normalized spacial score (nSPS) is 25.5. The smallest absolute Gasteiger partial charge is 0.135 e. The summed E-state index contributed by atoms with van der Waals surface area (Å²) in [6.45, 7) is 0. The molecule has 0 aliphatic heterocycles. The fourth-order valence-electron chi connectivity index (χ4n) is 3.43. The fourth-order valence-corrected chi connectivity index (χ4v) is 3.91. The molecule has 0 heterocycles. The number of hydrogen-bond acceptors (Lipinski definition) is 2. The number of phenols is 1. The number of aromatic hydroxyl groups is 1. The highest BCUT2D eigenvalue weighted by Crippen LogP contribution is 2.58. The van der Waals surface area contributed by atoms with E-state index in [1.807, 2.05) is 0 Å². The highest BCUT2D eigenvalue weighted by molar-refractivity contribution is 6.43. The fraction of sp³-hybridized carbons (Fsp3) is 0.538. The lowest BCUT2D eigenvalue weighted by atomic mass is 9.81. The minimum atomic E-state index is -0.536. The van der Waals surface area contributed by atoms with Crippen molar-refractivity contribution in [3.63, 3.8) is 0 Å². The van der Waals surface area contributed by atoms with Crippen molar-refractivity contribution in [3.8, 4) is 5.75 Å². The summed E-state index contributed by atoms with van der Waals surface area (Å²) in [6.07, 6.45) is 4.62. The number of benzene rings is 1. The van der Waals surface area contributed by atoms with Gasteiger partial charge < -0.3 is 10.2 Å². The topological polar surface area (TPSA) is 40.5 Å². The Morgan fingerprint density at radius 2 is 1.82 bits per heavy atom. The molecule has 1 spiro atoms. The molecule has 1 atom stereocenters. The predicted octanol–water partition coefficient (Wildman–Crippen LogP) is 3.85. The van der Waals surface area contributed by atoms with Gasteiger partial charge in [-0.05, 0) is 30.9 Å². The highest BCUT2D eigenvalue weighted by atomic mass is 35.5. The number of aliphatic hydroxyl groups is 1. The van der Waals surface area contributed by atoms with E-state index in [1.54, 1.807) is 6.07 Å². The van der Waals surface area contributed by atoms with Crippen LogP contribution in [0.15, 0.2) is 6.07 Å². The number of halogens is 2. The van der Waals surface area contributed by atoms with Gasteiger partial charge in [0.1, 0.15) is 10.8 Å². The lowest BCUT2D eigenvalue weighted by Crippen LogP contribution is -2.21. The molecule has 2 N–H and O–H groups in total. The zero-order valence-electron chi connectivity index (χ0n) is 9.34.